The van der Waals surface area contributed by atoms with Crippen LogP contribution in [0.2, 0.25) is 0 Å². The van der Waals surface area contributed by atoms with Crippen molar-refractivity contribution >= 4 is 44.8 Å². The number of nitrogens with zero attached hydrogens (tertiary/aromatic N) is 3. The van der Waals surface area contributed by atoms with E-state index in [9.17, 15) is 0 Å². The quantitative estimate of drug-likeness (QED) is 0.601. The molecule has 0 saturated carbocycles. The number of piperazine rings is 1. The highest BCUT2D eigenvalue weighted by Crippen LogP contribution is 2.14. The first-order valence-corrected chi connectivity index (χ1v) is 6.50. The maximum absolute atomic E-state index is 5.36. The van der Waals surface area contributed by atoms with E-state index < -0.39 is 0 Å². The van der Waals surface area contributed by atoms with Gasteiger partial charge in [-0.3, -0.25) is 0 Å². The highest BCUT2D eigenvalue weighted by Gasteiger charge is 2.18. The van der Waals surface area contributed by atoms with Gasteiger partial charge in [0.1, 0.15) is 8.64 Å². The Morgan fingerprint density at radius 2 is 1.67 bits per heavy atom. The van der Waals surface area contributed by atoms with Crippen LogP contribution in [0, 0.1) is 0 Å². The predicted octanol–water partition coefficient (Wildman–Crippen LogP) is 1.10. The molecule has 6 heteroatoms. The zero-order valence-electron chi connectivity index (χ0n) is 9.39. The highest BCUT2D eigenvalue weighted by molar-refractivity contribution is 8.37. The summed E-state index contributed by atoms with van der Waals surface area (Å²) >= 11 is 12.1. The van der Waals surface area contributed by atoms with Crippen LogP contribution in [-0.4, -0.2) is 70.7 Å². The molecule has 1 aliphatic heterocycles. The molecule has 0 radical (unpaired) electrons. The van der Waals surface area contributed by atoms with E-state index in [0.717, 1.165) is 34.8 Å². The molecule has 0 atom stereocenters. The molecule has 1 saturated heterocycles. The molecule has 86 valence electrons. The zero-order chi connectivity index (χ0) is 11.4. The molecule has 3 nitrogen and oxygen atoms in total. The van der Waals surface area contributed by atoms with Crippen LogP contribution in [0.5, 0.6) is 0 Å². The minimum Gasteiger partial charge on any atom is -0.363 e. The van der Waals surface area contributed by atoms with Crippen molar-refractivity contribution in [3.63, 3.8) is 0 Å². The lowest BCUT2D eigenvalue weighted by Crippen LogP contribution is -2.46. The van der Waals surface area contributed by atoms with Gasteiger partial charge in [0.05, 0.1) is 0 Å². The van der Waals surface area contributed by atoms with E-state index in [1.54, 1.807) is 0 Å². The lowest BCUT2D eigenvalue weighted by molar-refractivity contribution is 0.220. The molecule has 0 spiro atoms. The number of thiocarbonyl (C=S) groups is 2. The molecule has 1 rings (SSSR count). The van der Waals surface area contributed by atoms with Crippen molar-refractivity contribution in [2.75, 3.05) is 47.3 Å². The summed E-state index contributed by atoms with van der Waals surface area (Å²) in [6.07, 6.45) is 0. The number of thioether (sulfide) groups is 1. The molecule has 0 bridgehead atoms. The Labute approximate surface area is 107 Å². The molecule has 0 unspecified atom stereocenters. The van der Waals surface area contributed by atoms with Gasteiger partial charge in [-0.05, 0) is 18.8 Å². The van der Waals surface area contributed by atoms with E-state index in [2.05, 4.69) is 16.8 Å². The molecule has 1 heterocycles. The minimum atomic E-state index is 0.832. The third kappa shape index (κ3) is 4.22. The fourth-order valence-corrected chi connectivity index (χ4v) is 2.68. The molecule has 15 heavy (non-hydrogen) atoms. The van der Waals surface area contributed by atoms with Crippen LogP contribution in [0.4, 0.5) is 0 Å². The van der Waals surface area contributed by atoms with E-state index in [1.807, 2.05) is 19.0 Å². The number of likely N-dealkylation sites (N-methyl/N-ethyl adjacent to an activating group) is 1. The average Bonchev–Trinajstić information content (AvgIpc) is 2.18. The van der Waals surface area contributed by atoms with Crippen LogP contribution in [0.1, 0.15) is 0 Å². The Hall–Kier alpha value is 0.0900. The molecule has 0 aliphatic carbocycles. The molecule has 0 aromatic rings. The number of hydrogen-bond acceptors (Lipinski definition) is 4. The maximum Gasteiger partial charge on any atom is 0.143 e. The van der Waals surface area contributed by atoms with Crippen molar-refractivity contribution in [1.29, 1.82) is 0 Å². The van der Waals surface area contributed by atoms with Gasteiger partial charge in [0, 0.05) is 40.3 Å². The van der Waals surface area contributed by atoms with E-state index >= 15 is 0 Å². The van der Waals surface area contributed by atoms with Crippen LogP contribution in [0.15, 0.2) is 0 Å². The van der Waals surface area contributed by atoms with Gasteiger partial charge >= 0.3 is 0 Å². The topological polar surface area (TPSA) is 9.72 Å². The van der Waals surface area contributed by atoms with Crippen LogP contribution in [0.3, 0.4) is 0 Å². The van der Waals surface area contributed by atoms with Gasteiger partial charge in [-0.2, -0.15) is 0 Å². The molecular formula is C9H17N3S3. The van der Waals surface area contributed by atoms with Crippen molar-refractivity contribution < 1.29 is 0 Å². The summed E-state index contributed by atoms with van der Waals surface area (Å²) in [4.78, 5) is 6.46. The van der Waals surface area contributed by atoms with Crippen LogP contribution in [-0.2, 0) is 0 Å². The van der Waals surface area contributed by atoms with Gasteiger partial charge < -0.3 is 14.7 Å². The minimum absolute atomic E-state index is 0.832. The fourth-order valence-electron chi connectivity index (χ4n) is 1.22. The zero-order valence-corrected chi connectivity index (χ0v) is 11.8. The molecule has 0 aromatic heterocycles. The van der Waals surface area contributed by atoms with Crippen molar-refractivity contribution in [2.24, 2.45) is 0 Å². The second-order valence-electron chi connectivity index (χ2n) is 3.82. The van der Waals surface area contributed by atoms with Crippen molar-refractivity contribution in [2.45, 2.75) is 0 Å². The Bertz CT molecular complexity index is 247. The van der Waals surface area contributed by atoms with Gasteiger partial charge in [-0.25, -0.2) is 0 Å². The van der Waals surface area contributed by atoms with Gasteiger partial charge in [-0.1, -0.05) is 24.4 Å². The Kier molecular flexibility index (Phi) is 5.25. The van der Waals surface area contributed by atoms with Gasteiger partial charge in [-0.15, -0.1) is 0 Å². The van der Waals surface area contributed by atoms with E-state index in [0.29, 0.717) is 0 Å². The smallest absolute Gasteiger partial charge is 0.143 e. The predicted molar refractivity (Wildman–Crippen MR) is 75.5 cm³/mol. The molecular weight excluding hydrogens is 246 g/mol. The summed E-state index contributed by atoms with van der Waals surface area (Å²) in [5.74, 6) is 0. The van der Waals surface area contributed by atoms with Crippen molar-refractivity contribution in [1.82, 2.24) is 14.7 Å². The average molecular weight is 263 g/mol. The first-order chi connectivity index (χ1) is 7.00. The molecule has 1 fully saturated rings. The Balaban J connectivity index is 2.37. The Morgan fingerprint density at radius 1 is 1.13 bits per heavy atom. The van der Waals surface area contributed by atoms with Gasteiger partial charge in [0.25, 0.3) is 0 Å². The summed E-state index contributed by atoms with van der Waals surface area (Å²) < 4.78 is 1.74. The SMILES string of the molecule is CN1CCN(C(=S)SC(=S)N(C)C)CC1. The maximum atomic E-state index is 5.36. The third-order valence-electron chi connectivity index (χ3n) is 2.30. The fraction of sp³-hybridized carbons (Fsp3) is 0.778. The van der Waals surface area contributed by atoms with Crippen LogP contribution >= 0.6 is 36.2 Å². The van der Waals surface area contributed by atoms with E-state index in [-0.39, 0.29) is 0 Å². The standard InChI is InChI=1S/C9H17N3S3/c1-10(2)8(13)15-9(14)12-6-4-11(3)5-7-12/h4-7H2,1-3H3. The van der Waals surface area contributed by atoms with Crippen molar-refractivity contribution in [3.8, 4) is 0 Å². The molecule has 0 N–H and O–H groups in total. The number of rotatable bonds is 0. The first-order valence-electron chi connectivity index (χ1n) is 4.87. The summed E-state index contributed by atoms with van der Waals surface area (Å²) in [7, 11) is 6.03. The highest BCUT2D eigenvalue weighted by atomic mass is 32.2. The van der Waals surface area contributed by atoms with E-state index in [4.69, 9.17) is 24.4 Å². The van der Waals surface area contributed by atoms with Gasteiger partial charge in [0.2, 0.25) is 0 Å². The lowest BCUT2D eigenvalue weighted by atomic mass is 10.4. The van der Waals surface area contributed by atoms with Crippen molar-refractivity contribution in [3.05, 3.63) is 0 Å². The summed E-state index contributed by atoms with van der Waals surface area (Å²) in [5.41, 5.74) is 0. The largest absolute Gasteiger partial charge is 0.363 e. The van der Waals surface area contributed by atoms with Crippen LogP contribution in [0.25, 0.3) is 0 Å². The normalized spacial score (nSPS) is 17.7. The molecule has 0 amide bonds. The first kappa shape index (κ1) is 13.2. The second kappa shape index (κ2) is 5.98. The van der Waals surface area contributed by atoms with Gasteiger partial charge in [0.15, 0.2) is 0 Å². The summed E-state index contributed by atoms with van der Waals surface area (Å²) in [6, 6.07) is 0. The second-order valence-corrected chi connectivity index (χ2v) is 6.09. The summed E-state index contributed by atoms with van der Waals surface area (Å²) in [6.45, 7) is 4.18. The summed E-state index contributed by atoms with van der Waals surface area (Å²) in [5, 5.41) is 0. The van der Waals surface area contributed by atoms with E-state index in [1.165, 1.54) is 11.8 Å². The third-order valence-corrected chi connectivity index (χ3v) is 4.40. The molecule has 1 aliphatic rings. The van der Waals surface area contributed by atoms with Crippen LogP contribution < -0.4 is 0 Å². The monoisotopic (exact) mass is 263 g/mol. The Morgan fingerprint density at radius 3 is 2.13 bits per heavy atom. The lowest BCUT2D eigenvalue weighted by Gasteiger charge is -2.34. The molecule has 0 aromatic carbocycles. The number of hydrogen-bond donors (Lipinski definition) is 0.